The second-order valence-electron chi connectivity index (χ2n) is 6.14. The van der Waals surface area contributed by atoms with Gasteiger partial charge in [0.05, 0.1) is 21.3 Å². The van der Waals surface area contributed by atoms with Crippen molar-refractivity contribution in [3.63, 3.8) is 0 Å². The van der Waals surface area contributed by atoms with E-state index in [1.165, 1.54) is 0 Å². The molecule has 0 aliphatic heterocycles. The van der Waals surface area contributed by atoms with Crippen LogP contribution in [-0.2, 0) is 6.54 Å². The summed E-state index contributed by atoms with van der Waals surface area (Å²) in [4.78, 5) is 16.8. The predicted molar refractivity (Wildman–Crippen MR) is 111 cm³/mol. The lowest BCUT2D eigenvalue weighted by atomic mass is 10.2. The highest BCUT2D eigenvalue weighted by Gasteiger charge is 2.14. The largest absolute Gasteiger partial charge is 0.493 e. The monoisotopic (exact) mass is 393 g/mol. The standard InChI is InChI=1S/C22H23N3O4/c1-27-18-12-17(13-19(28-2)21(18)29-3)25-20-11-16(9-10-23-20)22(26)24-14-15-7-5-4-6-8-15/h4-13H,14H2,1-3H3,(H,23,25)(H,24,26). The zero-order chi connectivity index (χ0) is 20.6. The quantitative estimate of drug-likeness (QED) is 0.606. The normalized spacial score (nSPS) is 10.2. The summed E-state index contributed by atoms with van der Waals surface area (Å²) in [5.41, 5.74) is 2.23. The van der Waals surface area contributed by atoms with Gasteiger partial charge in [0.1, 0.15) is 5.82 Å². The van der Waals surface area contributed by atoms with E-state index in [0.29, 0.717) is 40.9 Å². The van der Waals surface area contributed by atoms with Crippen LogP contribution in [0.5, 0.6) is 17.2 Å². The van der Waals surface area contributed by atoms with Gasteiger partial charge in [0.2, 0.25) is 5.75 Å². The Labute approximate surface area is 169 Å². The predicted octanol–water partition coefficient (Wildman–Crippen LogP) is 3.78. The van der Waals surface area contributed by atoms with Gasteiger partial charge < -0.3 is 24.8 Å². The van der Waals surface area contributed by atoms with E-state index in [1.54, 1.807) is 51.8 Å². The van der Waals surface area contributed by atoms with Gasteiger partial charge in [0.15, 0.2) is 11.5 Å². The summed E-state index contributed by atoms with van der Waals surface area (Å²) in [6, 6.07) is 16.6. The van der Waals surface area contributed by atoms with Crippen LogP contribution in [0.25, 0.3) is 0 Å². The average Bonchev–Trinajstić information content (AvgIpc) is 2.77. The molecule has 0 unspecified atom stereocenters. The molecule has 0 spiro atoms. The van der Waals surface area contributed by atoms with Gasteiger partial charge in [0, 0.05) is 36.1 Å². The third kappa shape index (κ3) is 4.95. The van der Waals surface area contributed by atoms with E-state index in [0.717, 1.165) is 5.56 Å². The molecule has 2 N–H and O–H groups in total. The third-order valence-electron chi connectivity index (χ3n) is 4.26. The smallest absolute Gasteiger partial charge is 0.251 e. The summed E-state index contributed by atoms with van der Waals surface area (Å²) in [6.45, 7) is 0.456. The number of hydrogen-bond acceptors (Lipinski definition) is 6. The van der Waals surface area contributed by atoms with Crippen LogP contribution in [-0.4, -0.2) is 32.2 Å². The lowest BCUT2D eigenvalue weighted by molar-refractivity contribution is 0.0951. The van der Waals surface area contributed by atoms with E-state index in [-0.39, 0.29) is 5.91 Å². The van der Waals surface area contributed by atoms with Gasteiger partial charge in [-0.1, -0.05) is 30.3 Å². The van der Waals surface area contributed by atoms with Crippen molar-refractivity contribution in [1.82, 2.24) is 10.3 Å². The lowest BCUT2D eigenvalue weighted by Gasteiger charge is -2.15. The molecule has 3 aromatic rings. The molecule has 0 atom stereocenters. The number of nitrogens with zero attached hydrogens (tertiary/aromatic N) is 1. The molecule has 0 saturated carbocycles. The second kappa shape index (κ2) is 9.45. The van der Waals surface area contributed by atoms with Crippen molar-refractivity contribution >= 4 is 17.4 Å². The SMILES string of the molecule is COc1cc(Nc2cc(C(=O)NCc3ccccc3)ccn2)cc(OC)c1OC. The molecule has 0 fully saturated rings. The van der Waals surface area contributed by atoms with Crippen LogP contribution in [0.15, 0.2) is 60.8 Å². The fourth-order valence-electron chi connectivity index (χ4n) is 2.82. The van der Waals surface area contributed by atoms with E-state index in [1.807, 2.05) is 30.3 Å². The Kier molecular flexibility index (Phi) is 6.52. The average molecular weight is 393 g/mol. The van der Waals surface area contributed by atoms with Crippen LogP contribution in [0.4, 0.5) is 11.5 Å². The minimum absolute atomic E-state index is 0.177. The summed E-state index contributed by atoms with van der Waals surface area (Å²) < 4.78 is 16.1. The van der Waals surface area contributed by atoms with Crippen molar-refractivity contribution in [1.29, 1.82) is 0 Å². The number of anilines is 2. The van der Waals surface area contributed by atoms with Crippen LogP contribution in [0, 0.1) is 0 Å². The van der Waals surface area contributed by atoms with Gasteiger partial charge in [-0.3, -0.25) is 4.79 Å². The minimum atomic E-state index is -0.177. The Balaban J connectivity index is 1.75. The van der Waals surface area contributed by atoms with E-state index >= 15 is 0 Å². The molecular formula is C22H23N3O4. The first-order valence-electron chi connectivity index (χ1n) is 8.99. The van der Waals surface area contributed by atoms with Crippen LogP contribution in [0.3, 0.4) is 0 Å². The van der Waals surface area contributed by atoms with Crippen molar-refractivity contribution in [2.75, 3.05) is 26.6 Å². The van der Waals surface area contributed by atoms with Crippen molar-refractivity contribution in [2.45, 2.75) is 6.54 Å². The number of carbonyl (C=O) groups is 1. The van der Waals surface area contributed by atoms with Crippen LogP contribution in [0.1, 0.15) is 15.9 Å². The van der Waals surface area contributed by atoms with Crippen molar-refractivity contribution in [2.24, 2.45) is 0 Å². The van der Waals surface area contributed by atoms with Gasteiger partial charge in [0.25, 0.3) is 5.91 Å². The zero-order valence-corrected chi connectivity index (χ0v) is 16.6. The number of amides is 1. The van der Waals surface area contributed by atoms with Gasteiger partial charge in [-0.15, -0.1) is 0 Å². The maximum Gasteiger partial charge on any atom is 0.251 e. The molecule has 1 amide bonds. The zero-order valence-electron chi connectivity index (χ0n) is 16.6. The minimum Gasteiger partial charge on any atom is -0.493 e. The maximum atomic E-state index is 12.5. The highest BCUT2D eigenvalue weighted by atomic mass is 16.5. The Bertz CT molecular complexity index is 952. The number of carbonyl (C=O) groups excluding carboxylic acids is 1. The number of hydrogen-bond donors (Lipinski definition) is 2. The van der Waals surface area contributed by atoms with Gasteiger partial charge in [-0.25, -0.2) is 4.98 Å². The van der Waals surface area contributed by atoms with Gasteiger partial charge in [-0.05, 0) is 17.7 Å². The topological polar surface area (TPSA) is 81.7 Å². The number of rotatable bonds is 8. The fourth-order valence-corrected chi connectivity index (χ4v) is 2.82. The maximum absolute atomic E-state index is 12.5. The number of aromatic nitrogens is 1. The molecule has 0 aliphatic rings. The highest BCUT2D eigenvalue weighted by molar-refractivity contribution is 5.94. The molecule has 0 saturated heterocycles. The lowest BCUT2D eigenvalue weighted by Crippen LogP contribution is -2.22. The number of benzene rings is 2. The molecule has 0 aliphatic carbocycles. The first kappa shape index (κ1) is 20.0. The summed E-state index contributed by atoms with van der Waals surface area (Å²) in [5.74, 6) is 1.88. The number of ether oxygens (including phenoxy) is 3. The first-order chi connectivity index (χ1) is 14.1. The van der Waals surface area contributed by atoms with Crippen LogP contribution < -0.4 is 24.8 Å². The summed E-state index contributed by atoms with van der Waals surface area (Å²) in [5, 5.41) is 6.07. The van der Waals surface area contributed by atoms with Crippen LogP contribution in [0.2, 0.25) is 0 Å². The molecule has 0 radical (unpaired) electrons. The Hall–Kier alpha value is -3.74. The molecule has 1 heterocycles. The summed E-state index contributed by atoms with van der Waals surface area (Å²) >= 11 is 0. The fraction of sp³-hybridized carbons (Fsp3) is 0.182. The van der Waals surface area contributed by atoms with E-state index in [9.17, 15) is 4.79 Å². The molecule has 7 heteroatoms. The molecule has 150 valence electrons. The molecular weight excluding hydrogens is 370 g/mol. The molecule has 7 nitrogen and oxygen atoms in total. The van der Waals surface area contributed by atoms with Crippen LogP contribution >= 0.6 is 0 Å². The Morgan fingerprint density at radius 1 is 0.931 bits per heavy atom. The number of methoxy groups -OCH3 is 3. The van der Waals surface area contributed by atoms with Gasteiger partial charge >= 0.3 is 0 Å². The first-order valence-corrected chi connectivity index (χ1v) is 8.99. The Morgan fingerprint density at radius 3 is 2.24 bits per heavy atom. The third-order valence-corrected chi connectivity index (χ3v) is 4.26. The van der Waals surface area contributed by atoms with Crippen molar-refractivity contribution in [3.8, 4) is 17.2 Å². The number of pyridine rings is 1. The molecule has 2 aromatic carbocycles. The van der Waals surface area contributed by atoms with E-state index in [2.05, 4.69) is 15.6 Å². The van der Waals surface area contributed by atoms with E-state index in [4.69, 9.17) is 14.2 Å². The number of nitrogens with one attached hydrogen (secondary N) is 2. The molecule has 3 rings (SSSR count). The van der Waals surface area contributed by atoms with Crippen molar-refractivity contribution in [3.05, 3.63) is 71.9 Å². The van der Waals surface area contributed by atoms with Crippen molar-refractivity contribution < 1.29 is 19.0 Å². The summed E-state index contributed by atoms with van der Waals surface area (Å²) in [6.07, 6.45) is 1.58. The molecule has 29 heavy (non-hydrogen) atoms. The van der Waals surface area contributed by atoms with Gasteiger partial charge in [-0.2, -0.15) is 0 Å². The summed E-state index contributed by atoms with van der Waals surface area (Å²) in [7, 11) is 4.65. The molecule has 1 aromatic heterocycles. The second-order valence-corrected chi connectivity index (χ2v) is 6.14. The highest BCUT2D eigenvalue weighted by Crippen LogP contribution is 2.40. The Morgan fingerprint density at radius 2 is 1.62 bits per heavy atom. The van der Waals surface area contributed by atoms with E-state index < -0.39 is 0 Å². The molecule has 0 bridgehead atoms.